The fourth-order valence-corrected chi connectivity index (χ4v) is 3.87. The van der Waals surface area contributed by atoms with E-state index < -0.39 is 0 Å². The van der Waals surface area contributed by atoms with Crippen molar-refractivity contribution in [3.63, 3.8) is 0 Å². The van der Waals surface area contributed by atoms with E-state index in [0.717, 1.165) is 10.0 Å². The van der Waals surface area contributed by atoms with Crippen LogP contribution in [0, 0.1) is 5.92 Å². The fourth-order valence-electron chi connectivity index (χ4n) is 3.51. The van der Waals surface area contributed by atoms with Gasteiger partial charge in [0.15, 0.2) is 11.5 Å². The van der Waals surface area contributed by atoms with Gasteiger partial charge in [-0.3, -0.25) is 14.2 Å². The summed E-state index contributed by atoms with van der Waals surface area (Å²) in [5, 5.41) is 3.51. The van der Waals surface area contributed by atoms with Crippen LogP contribution in [0.4, 0.5) is 0 Å². The van der Waals surface area contributed by atoms with E-state index in [0.29, 0.717) is 35.6 Å². The van der Waals surface area contributed by atoms with Gasteiger partial charge in [0.25, 0.3) is 5.56 Å². The molecule has 2 aromatic carbocycles. The molecule has 1 aliphatic rings. The molecule has 1 amide bonds. The molecule has 30 heavy (non-hydrogen) atoms. The van der Waals surface area contributed by atoms with Gasteiger partial charge in [-0.15, -0.1) is 0 Å². The van der Waals surface area contributed by atoms with Gasteiger partial charge in [-0.1, -0.05) is 35.8 Å². The second-order valence-corrected chi connectivity index (χ2v) is 8.45. The van der Waals surface area contributed by atoms with E-state index in [2.05, 4.69) is 26.2 Å². The van der Waals surface area contributed by atoms with Gasteiger partial charge >= 0.3 is 0 Å². The van der Waals surface area contributed by atoms with Gasteiger partial charge in [-0.2, -0.15) is 0 Å². The average molecular weight is 472 g/mol. The van der Waals surface area contributed by atoms with Crippen molar-refractivity contribution in [2.75, 3.05) is 13.2 Å². The molecule has 0 saturated carbocycles. The zero-order chi connectivity index (χ0) is 21.3. The molecule has 156 valence electrons. The van der Waals surface area contributed by atoms with E-state index in [1.807, 2.05) is 38.1 Å². The summed E-state index contributed by atoms with van der Waals surface area (Å²) in [6, 6.07) is 10.8. The van der Waals surface area contributed by atoms with E-state index in [1.165, 1.54) is 10.9 Å². The first-order valence-electron chi connectivity index (χ1n) is 9.76. The molecule has 1 aromatic heterocycles. The number of halogens is 1. The number of aromatic nitrogens is 2. The number of fused-ring (bicyclic) bond motifs is 2. The van der Waals surface area contributed by atoms with Gasteiger partial charge in [0.2, 0.25) is 5.91 Å². The summed E-state index contributed by atoms with van der Waals surface area (Å²) in [6.45, 7) is 4.99. The van der Waals surface area contributed by atoms with Gasteiger partial charge in [0.1, 0.15) is 19.8 Å². The lowest BCUT2D eigenvalue weighted by molar-refractivity contribution is -0.122. The molecule has 1 atom stereocenters. The molecule has 2 heterocycles. The van der Waals surface area contributed by atoms with Gasteiger partial charge in [0, 0.05) is 4.47 Å². The third-order valence-electron chi connectivity index (χ3n) is 5.01. The number of hydrogen-bond acceptors (Lipinski definition) is 5. The van der Waals surface area contributed by atoms with Crippen LogP contribution in [-0.4, -0.2) is 28.7 Å². The molecule has 1 N–H and O–H groups in total. The molecule has 1 aliphatic heterocycles. The van der Waals surface area contributed by atoms with Crippen LogP contribution < -0.4 is 20.3 Å². The quantitative estimate of drug-likeness (QED) is 0.616. The van der Waals surface area contributed by atoms with Crippen molar-refractivity contribution < 1.29 is 14.3 Å². The third-order valence-corrected chi connectivity index (χ3v) is 5.50. The number of carbonyl (C=O) groups is 1. The summed E-state index contributed by atoms with van der Waals surface area (Å²) in [5.74, 6) is 1.26. The Morgan fingerprint density at radius 3 is 2.70 bits per heavy atom. The number of rotatable bonds is 5. The van der Waals surface area contributed by atoms with E-state index in [1.54, 1.807) is 12.1 Å². The van der Waals surface area contributed by atoms with Gasteiger partial charge < -0.3 is 14.8 Å². The Bertz CT molecular complexity index is 1160. The Hall–Kier alpha value is -2.87. The maximum atomic E-state index is 12.8. The van der Waals surface area contributed by atoms with Crippen molar-refractivity contribution >= 4 is 32.7 Å². The van der Waals surface area contributed by atoms with Gasteiger partial charge in [-0.25, -0.2) is 4.98 Å². The van der Waals surface area contributed by atoms with E-state index in [4.69, 9.17) is 9.47 Å². The van der Waals surface area contributed by atoms with Crippen molar-refractivity contribution in [2.45, 2.75) is 26.4 Å². The van der Waals surface area contributed by atoms with Crippen LogP contribution in [0.3, 0.4) is 0 Å². The maximum absolute atomic E-state index is 12.8. The molecule has 3 aromatic rings. The Balaban J connectivity index is 1.55. The van der Waals surface area contributed by atoms with Crippen LogP contribution in [0.5, 0.6) is 11.5 Å². The molecule has 0 bridgehead atoms. The van der Waals surface area contributed by atoms with E-state index >= 15 is 0 Å². The summed E-state index contributed by atoms with van der Waals surface area (Å²) >= 11 is 3.37. The minimum atomic E-state index is -0.262. The molecule has 7 nitrogen and oxygen atoms in total. The summed E-state index contributed by atoms with van der Waals surface area (Å²) in [6.07, 6.45) is 1.41. The van der Waals surface area contributed by atoms with Crippen molar-refractivity contribution in [2.24, 2.45) is 5.92 Å². The molecular formula is C22H22BrN3O4. The number of ether oxygens (including phenoxy) is 2. The summed E-state index contributed by atoms with van der Waals surface area (Å²) < 4.78 is 13.4. The van der Waals surface area contributed by atoms with Crippen molar-refractivity contribution in [1.29, 1.82) is 0 Å². The first-order chi connectivity index (χ1) is 14.4. The lowest BCUT2D eigenvalue weighted by atomic mass is 9.95. The second kappa shape index (κ2) is 8.47. The van der Waals surface area contributed by atoms with Gasteiger partial charge in [-0.05, 0) is 41.8 Å². The van der Waals surface area contributed by atoms with Crippen LogP contribution in [0.2, 0.25) is 0 Å². The monoisotopic (exact) mass is 471 g/mol. The standard InChI is InChI=1S/C22H22BrN3O4/c1-13(2)21(14-3-6-18-19(9-14)30-8-7-29-18)25-20(27)11-26-12-24-17-5-4-15(23)10-16(17)22(26)28/h3-6,9-10,12-13,21H,7-8,11H2,1-2H3,(H,25,27). The Kier molecular flexibility index (Phi) is 5.76. The van der Waals surface area contributed by atoms with Crippen LogP contribution in [0.15, 0.2) is 52.0 Å². The van der Waals surface area contributed by atoms with Crippen LogP contribution >= 0.6 is 15.9 Å². The number of benzene rings is 2. The van der Waals surface area contributed by atoms with Crippen LogP contribution in [0.25, 0.3) is 10.9 Å². The van der Waals surface area contributed by atoms with E-state index in [-0.39, 0.29) is 30.0 Å². The Morgan fingerprint density at radius 1 is 1.17 bits per heavy atom. The van der Waals surface area contributed by atoms with Crippen molar-refractivity contribution in [3.8, 4) is 11.5 Å². The summed E-state index contributed by atoms with van der Waals surface area (Å²) in [4.78, 5) is 29.8. The zero-order valence-corrected chi connectivity index (χ0v) is 18.3. The molecule has 1 unspecified atom stereocenters. The first kappa shape index (κ1) is 20.4. The molecule has 0 saturated heterocycles. The number of amides is 1. The molecular weight excluding hydrogens is 450 g/mol. The lowest BCUT2D eigenvalue weighted by Crippen LogP contribution is -2.36. The maximum Gasteiger partial charge on any atom is 0.261 e. The largest absolute Gasteiger partial charge is 0.486 e. The average Bonchev–Trinajstić information content (AvgIpc) is 2.74. The molecule has 0 spiro atoms. The predicted molar refractivity (Wildman–Crippen MR) is 117 cm³/mol. The smallest absolute Gasteiger partial charge is 0.261 e. The topological polar surface area (TPSA) is 82.5 Å². The number of nitrogens with zero attached hydrogens (tertiary/aromatic N) is 2. The lowest BCUT2D eigenvalue weighted by Gasteiger charge is -2.25. The second-order valence-electron chi connectivity index (χ2n) is 7.53. The molecule has 4 rings (SSSR count). The highest BCUT2D eigenvalue weighted by molar-refractivity contribution is 9.10. The predicted octanol–water partition coefficient (Wildman–Crippen LogP) is 3.44. The Labute approximate surface area is 182 Å². The molecule has 0 fully saturated rings. The first-order valence-corrected chi connectivity index (χ1v) is 10.6. The summed E-state index contributed by atoms with van der Waals surface area (Å²) in [5.41, 5.74) is 1.27. The SMILES string of the molecule is CC(C)C(NC(=O)Cn1cnc2ccc(Br)cc2c1=O)c1ccc2c(c1)OCCO2. The normalized spacial score (nSPS) is 14.0. The number of carbonyl (C=O) groups excluding carboxylic acids is 1. The minimum Gasteiger partial charge on any atom is -0.486 e. The van der Waals surface area contributed by atoms with Crippen molar-refractivity contribution in [3.05, 3.63) is 63.1 Å². The highest BCUT2D eigenvalue weighted by Gasteiger charge is 2.22. The summed E-state index contributed by atoms with van der Waals surface area (Å²) in [7, 11) is 0. The fraction of sp³-hybridized carbons (Fsp3) is 0.318. The number of nitrogens with one attached hydrogen (secondary N) is 1. The molecule has 0 aliphatic carbocycles. The highest BCUT2D eigenvalue weighted by atomic mass is 79.9. The minimum absolute atomic E-state index is 0.109. The third kappa shape index (κ3) is 4.18. The molecule has 8 heteroatoms. The van der Waals surface area contributed by atoms with Gasteiger partial charge in [0.05, 0.1) is 23.3 Å². The van der Waals surface area contributed by atoms with Crippen LogP contribution in [-0.2, 0) is 11.3 Å². The molecule has 0 radical (unpaired) electrons. The van der Waals surface area contributed by atoms with E-state index in [9.17, 15) is 9.59 Å². The van der Waals surface area contributed by atoms with Crippen LogP contribution in [0.1, 0.15) is 25.5 Å². The van der Waals surface area contributed by atoms with Crippen molar-refractivity contribution in [1.82, 2.24) is 14.9 Å². The highest BCUT2D eigenvalue weighted by Crippen LogP contribution is 2.34. The number of hydrogen-bond donors (Lipinski definition) is 1. The Morgan fingerprint density at radius 2 is 1.93 bits per heavy atom. The zero-order valence-electron chi connectivity index (χ0n) is 16.7.